The normalized spacial score (nSPS) is 20.1. The molecule has 6 nitrogen and oxygen atoms in total. The van der Waals surface area contributed by atoms with Crippen LogP contribution in [0.25, 0.3) is 0 Å². The van der Waals surface area contributed by atoms with Crippen molar-refractivity contribution in [1.82, 2.24) is 15.5 Å². The molecule has 2 fully saturated rings. The SMILES string of the molecule is CCNC(=NCc1ccccc1OCC1CC1)NC1CCC(=O)N(C)C1.I. The van der Waals surface area contributed by atoms with E-state index < -0.39 is 0 Å². The minimum absolute atomic E-state index is 0. The molecule has 1 atom stereocenters. The molecule has 1 amide bonds. The molecule has 1 aliphatic heterocycles. The van der Waals surface area contributed by atoms with Crippen LogP contribution >= 0.6 is 24.0 Å². The number of nitrogens with zero attached hydrogens (tertiary/aromatic N) is 2. The second kappa shape index (κ2) is 10.7. The van der Waals surface area contributed by atoms with E-state index in [9.17, 15) is 4.79 Å². The first-order chi connectivity index (χ1) is 12.7. The van der Waals surface area contributed by atoms with E-state index >= 15 is 0 Å². The predicted octanol–water partition coefficient (Wildman–Crippen LogP) is 2.77. The van der Waals surface area contributed by atoms with E-state index in [1.807, 2.05) is 25.2 Å². The Hall–Kier alpha value is -1.51. The molecule has 0 spiro atoms. The van der Waals surface area contributed by atoms with Crippen LogP contribution < -0.4 is 15.4 Å². The molecule has 3 rings (SSSR count). The molecule has 0 aromatic heterocycles. The van der Waals surface area contributed by atoms with Crippen molar-refractivity contribution in [1.29, 1.82) is 0 Å². The van der Waals surface area contributed by atoms with Crippen molar-refractivity contribution in [3.63, 3.8) is 0 Å². The average molecular weight is 486 g/mol. The molecule has 1 saturated carbocycles. The summed E-state index contributed by atoms with van der Waals surface area (Å²) in [5.74, 6) is 2.67. The molecule has 7 heteroatoms. The zero-order valence-corrected chi connectivity index (χ0v) is 18.6. The van der Waals surface area contributed by atoms with Crippen molar-refractivity contribution in [3.8, 4) is 5.75 Å². The molecule has 27 heavy (non-hydrogen) atoms. The Labute approximate surface area is 179 Å². The number of hydrogen-bond acceptors (Lipinski definition) is 3. The van der Waals surface area contributed by atoms with Crippen molar-refractivity contribution >= 4 is 35.8 Å². The van der Waals surface area contributed by atoms with Gasteiger partial charge in [0.15, 0.2) is 5.96 Å². The number of likely N-dealkylation sites (N-methyl/N-ethyl adjacent to an activating group) is 1. The lowest BCUT2D eigenvalue weighted by molar-refractivity contribution is -0.132. The molecule has 1 aromatic rings. The molecule has 2 aliphatic rings. The Balaban J connectivity index is 0.00000261. The zero-order chi connectivity index (χ0) is 18.4. The molecular weight excluding hydrogens is 455 g/mol. The summed E-state index contributed by atoms with van der Waals surface area (Å²) >= 11 is 0. The van der Waals surface area contributed by atoms with Crippen LogP contribution in [0.5, 0.6) is 5.75 Å². The smallest absolute Gasteiger partial charge is 0.222 e. The van der Waals surface area contributed by atoms with E-state index in [-0.39, 0.29) is 35.9 Å². The molecule has 1 aliphatic carbocycles. The molecule has 1 heterocycles. The maximum Gasteiger partial charge on any atom is 0.222 e. The number of carbonyl (C=O) groups excluding carboxylic acids is 1. The lowest BCUT2D eigenvalue weighted by atomic mass is 10.1. The highest BCUT2D eigenvalue weighted by molar-refractivity contribution is 14.0. The fraction of sp³-hybridized carbons (Fsp3) is 0.600. The number of aliphatic imine (C=N–C) groups is 1. The van der Waals surface area contributed by atoms with E-state index in [1.54, 1.807) is 4.90 Å². The third-order valence-electron chi connectivity index (χ3n) is 4.86. The van der Waals surface area contributed by atoms with Gasteiger partial charge < -0.3 is 20.3 Å². The Morgan fingerprint density at radius 1 is 1.30 bits per heavy atom. The molecule has 1 saturated heterocycles. The number of carbonyl (C=O) groups is 1. The van der Waals surface area contributed by atoms with E-state index in [0.29, 0.717) is 19.5 Å². The number of likely N-dealkylation sites (tertiary alicyclic amines) is 1. The number of piperidine rings is 1. The first kappa shape index (κ1) is 21.8. The van der Waals surface area contributed by atoms with E-state index in [0.717, 1.165) is 42.8 Å². The van der Waals surface area contributed by atoms with Crippen LogP contribution in [0.2, 0.25) is 0 Å². The Bertz CT molecular complexity index is 649. The molecule has 2 N–H and O–H groups in total. The van der Waals surface area contributed by atoms with Gasteiger partial charge in [-0.05, 0) is 38.2 Å². The van der Waals surface area contributed by atoms with Crippen molar-refractivity contribution < 1.29 is 9.53 Å². The third kappa shape index (κ3) is 6.86. The van der Waals surface area contributed by atoms with E-state index in [1.165, 1.54) is 12.8 Å². The van der Waals surface area contributed by atoms with Gasteiger partial charge in [0.1, 0.15) is 5.75 Å². The number of benzene rings is 1. The van der Waals surface area contributed by atoms with Crippen LogP contribution in [0.1, 0.15) is 38.2 Å². The first-order valence-corrected chi connectivity index (χ1v) is 9.65. The topological polar surface area (TPSA) is 66.0 Å². The largest absolute Gasteiger partial charge is 0.493 e. The first-order valence-electron chi connectivity index (χ1n) is 9.65. The zero-order valence-electron chi connectivity index (χ0n) is 16.2. The lowest BCUT2D eigenvalue weighted by Crippen LogP contribution is -2.51. The van der Waals surface area contributed by atoms with Gasteiger partial charge >= 0.3 is 0 Å². The summed E-state index contributed by atoms with van der Waals surface area (Å²) < 4.78 is 5.97. The number of hydrogen-bond donors (Lipinski definition) is 2. The number of para-hydroxylation sites is 1. The van der Waals surface area contributed by atoms with Crippen molar-refractivity contribution in [2.24, 2.45) is 10.9 Å². The van der Waals surface area contributed by atoms with Gasteiger partial charge in [-0.25, -0.2) is 4.99 Å². The number of halogens is 1. The van der Waals surface area contributed by atoms with Crippen LogP contribution in [0, 0.1) is 5.92 Å². The predicted molar refractivity (Wildman–Crippen MR) is 119 cm³/mol. The Morgan fingerprint density at radius 2 is 2.07 bits per heavy atom. The van der Waals surface area contributed by atoms with Crippen LogP contribution in [0.3, 0.4) is 0 Å². The average Bonchev–Trinajstić information content (AvgIpc) is 3.46. The van der Waals surface area contributed by atoms with Gasteiger partial charge in [-0.1, -0.05) is 18.2 Å². The third-order valence-corrected chi connectivity index (χ3v) is 4.86. The van der Waals surface area contributed by atoms with Gasteiger partial charge in [0.25, 0.3) is 0 Å². The van der Waals surface area contributed by atoms with Gasteiger partial charge in [0, 0.05) is 38.2 Å². The lowest BCUT2D eigenvalue weighted by Gasteiger charge is -2.31. The summed E-state index contributed by atoms with van der Waals surface area (Å²) in [5, 5.41) is 6.76. The number of ether oxygens (including phenoxy) is 1. The van der Waals surface area contributed by atoms with Crippen LogP contribution in [-0.4, -0.2) is 49.6 Å². The van der Waals surface area contributed by atoms with Crippen molar-refractivity contribution in [2.45, 2.75) is 45.2 Å². The Morgan fingerprint density at radius 3 is 2.78 bits per heavy atom. The van der Waals surface area contributed by atoms with Crippen molar-refractivity contribution in [3.05, 3.63) is 29.8 Å². The highest BCUT2D eigenvalue weighted by Crippen LogP contribution is 2.30. The second-order valence-corrected chi connectivity index (χ2v) is 7.21. The number of rotatable bonds is 7. The highest BCUT2D eigenvalue weighted by Gasteiger charge is 2.24. The van der Waals surface area contributed by atoms with Gasteiger partial charge in [0.05, 0.1) is 13.2 Å². The summed E-state index contributed by atoms with van der Waals surface area (Å²) in [6, 6.07) is 8.36. The van der Waals surface area contributed by atoms with Gasteiger partial charge in [-0.2, -0.15) is 0 Å². The fourth-order valence-electron chi connectivity index (χ4n) is 3.08. The number of guanidine groups is 1. The maximum atomic E-state index is 11.7. The molecule has 1 unspecified atom stereocenters. The van der Waals surface area contributed by atoms with Crippen molar-refractivity contribution in [2.75, 3.05) is 26.7 Å². The molecule has 0 bridgehead atoms. The summed E-state index contributed by atoms with van der Waals surface area (Å²) in [6.07, 6.45) is 4.00. The molecule has 150 valence electrons. The summed E-state index contributed by atoms with van der Waals surface area (Å²) in [4.78, 5) is 18.2. The van der Waals surface area contributed by atoms with E-state index in [4.69, 9.17) is 9.73 Å². The van der Waals surface area contributed by atoms with Gasteiger partial charge in [-0.15, -0.1) is 24.0 Å². The number of nitrogens with one attached hydrogen (secondary N) is 2. The molecular formula is C20H31IN4O2. The summed E-state index contributed by atoms with van der Waals surface area (Å²) in [7, 11) is 1.85. The standard InChI is InChI=1S/C20H30N4O2.HI/c1-3-21-20(23-17-10-11-19(25)24(2)13-17)22-12-16-6-4-5-7-18(16)26-14-15-8-9-15;/h4-7,15,17H,3,8-14H2,1-2H3,(H2,21,22,23);1H. The number of amides is 1. The van der Waals surface area contributed by atoms with Crippen LogP contribution in [-0.2, 0) is 11.3 Å². The fourth-order valence-corrected chi connectivity index (χ4v) is 3.08. The minimum atomic E-state index is 0. The highest BCUT2D eigenvalue weighted by atomic mass is 127. The van der Waals surface area contributed by atoms with Crippen LogP contribution in [0.15, 0.2) is 29.3 Å². The second-order valence-electron chi connectivity index (χ2n) is 7.21. The maximum absolute atomic E-state index is 11.7. The van der Waals surface area contributed by atoms with Crippen LogP contribution in [0.4, 0.5) is 0 Å². The van der Waals surface area contributed by atoms with Gasteiger partial charge in [0.2, 0.25) is 5.91 Å². The molecule has 1 aromatic carbocycles. The molecule has 0 radical (unpaired) electrons. The van der Waals surface area contributed by atoms with E-state index in [2.05, 4.69) is 23.6 Å². The Kier molecular flexibility index (Phi) is 8.66. The summed E-state index contributed by atoms with van der Waals surface area (Å²) in [5.41, 5.74) is 1.10. The minimum Gasteiger partial charge on any atom is -0.493 e. The summed E-state index contributed by atoms with van der Waals surface area (Å²) in [6.45, 7) is 4.94. The quantitative estimate of drug-likeness (QED) is 0.354. The monoisotopic (exact) mass is 486 g/mol. The van der Waals surface area contributed by atoms with Gasteiger partial charge in [-0.3, -0.25) is 4.79 Å².